The first-order chi connectivity index (χ1) is 10.9. The zero-order valence-electron chi connectivity index (χ0n) is 13.8. The molecule has 1 unspecified atom stereocenters. The lowest BCUT2D eigenvalue weighted by Crippen LogP contribution is -2.34. The van der Waals surface area contributed by atoms with Gasteiger partial charge in [0.05, 0.1) is 6.10 Å². The Morgan fingerprint density at radius 3 is 2.57 bits per heavy atom. The number of rotatable bonds is 3. The van der Waals surface area contributed by atoms with Crippen LogP contribution < -0.4 is 4.74 Å². The van der Waals surface area contributed by atoms with Crippen LogP contribution in [0.4, 0.5) is 0 Å². The van der Waals surface area contributed by atoms with Crippen LogP contribution in [0.2, 0.25) is 0 Å². The molecule has 1 aliphatic rings. The maximum Gasteiger partial charge on any atom is 0.150 e. The number of carbonyl (C=O) groups excluding carboxylic acids is 1. The van der Waals surface area contributed by atoms with Gasteiger partial charge in [-0.1, -0.05) is 31.2 Å². The van der Waals surface area contributed by atoms with Gasteiger partial charge in [0.15, 0.2) is 0 Å². The molecule has 1 atom stereocenters. The van der Waals surface area contributed by atoms with Crippen molar-refractivity contribution in [3.8, 4) is 16.9 Å². The quantitative estimate of drug-likeness (QED) is 0.859. The predicted octanol–water partition coefficient (Wildman–Crippen LogP) is 4.32. The van der Waals surface area contributed by atoms with E-state index in [-0.39, 0.29) is 5.60 Å². The van der Waals surface area contributed by atoms with Crippen LogP contribution in [0.3, 0.4) is 0 Å². The van der Waals surface area contributed by atoms with Crippen molar-refractivity contribution >= 4 is 6.29 Å². The van der Waals surface area contributed by atoms with Crippen molar-refractivity contribution in [1.29, 1.82) is 0 Å². The number of aldehydes is 1. The average Bonchev–Trinajstić information content (AvgIpc) is 2.53. The number of carbonyl (C=O) groups is 1. The van der Waals surface area contributed by atoms with Crippen LogP contribution in [0, 0.1) is 0 Å². The summed E-state index contributed by atoms with van der Waals surface area (Å²) < 4.78 is 6.08. The molecule has 1 N–H and O–H groups in total. The van der Waals surface area contributed by atoms with Crippen LogP contribution in [0.5, 0.6) is 5.75 Å². The molecular formula is C20H22O3. The smallest absolute Gasteiger partial charge is 0.150 e. The molecule has 3 rings (SSSR count). The van der Waals surface area contributed by atoms with Crippen LogP contribution in [-0.2, 0) is 6.42 Å². The number of fused-ring (bicyclic) bond motifs is 1. The van der Waals surface area contributed by atoms with Crippen LogP contribution in [0.1, 0.15) is 54.8 Å². The van der Waals surface area contributed by atoms with Crippen LogP contribution in [0.15, 0.2) is 36.4 Å². The van der Waals surface area contributed by atoms with Gasteiger partial charge in [-0.2, -0.15) is 0 Å². The topological polar surface area (TPSA) is 46.5 Å². The monoisotopic (exact) mass is 310 g/mol. The Labute approximate surface area is 136 Å². The second-order valence-electron chi connectivity index (χ2n) is 6.72. The number of aliphatic hydroxyl groups is 1. The first-order valence-corrected chi connectivity index (χ1v) is 8.03. The van der Waals surface area contributed by atoms with Gasteiger partial charge in [-0.25, -0.2) is 0 Å². The lowest BCUT2D eigenvalue weighted by molar-refractivity contribution is 0.0115. The third kappa shape index (κ3) is 3.02. The molecular weight excluding hydrogens is 288 g/mol. The molecule has 0 fully saturated rings. The van der Waals surface area contributed by atoms with Crippen molar-refractivity contribution in [2.45, 2.75) is 45.3 Å². The highest BCUT2D eigenvalue weighted by atomic mass is 16.5. The Morgan fingerprint density at radius 1 is 1.26 bits per heavy atom. The summed E-state index contributed by atoms with van der Waals surface area (Å²) >= 11 is 0. The minimum Gasteiger partial charge on any atom is -0.487 e. The largest absolute Gasteiger partial charge is 0.487 e. The molecule has 0 radical (unpaired) electrons. The Kier molecular flexibility index (Phi) is 3.99. The van der Waals surface area contributed by atoms with E-state index in [2.05, 4.69) is 13.0 Å². The molecule has 1 heterocycles. The number of aliphatic hydroxyl groups excluding tert-OH is 1. The molecule has 0 bridgehead atoms. The zero-order valence-corrected chi connectivity index (χ0v) is 13.8. The standard InChI is InChI=1S/C20H22O3/c1-4-14-9-17-18(22)11-20(2,3)23-19(17)10-16(14)15-7-5-13(12-21)6-8-15/h5-10,12,18,22H,4,11H2,1-3H3. The summed E-state index contributed by atoms with van der Waals surface area (Å²) in [6.07, 6.45) is 1.81. The van der Waals surface area contributed by atoms with E-state index in [0.29, 0.717) is 12.0 Å². The lowest BCUT2D eigenvalue weighted by atomic mass is 9.87. The zero-order chi connectivity index (χ0) is 16.6. The Hall–Kier alpha value is -2.13. The molecule has 0 saturated carbocycles. The second-order valence-corrected chi connectivity index (χ2v) is 6.72. The van der Waals surface area contributed by atoms with Gasteiger partial charge in [-0.3, -0.25) is 4.79 Å². The van der Waals surface area contributed by atoms with E-state index in [9.17, 15) is 9.90 Å². The highest BCUT2D eigenvalue weighted by Gasteiger charge is 2.33. The summed E-state index contributed by atoms with van der Waals surface area (Å²) in [4.78, 5) is 10.8. The number of hydrogen-bond donors (Lipinski definition) is 1. The first kappa shape index (κ1) is 15.8. The van der Waals surface area contributed by atoms with Gasteiger partial charge in [0.25, 0.3) is 0 Å². The Morgan fingerprint density at radius 2 is 1.96 bits per heavy atom. The summed E-state index contributed by atoms with van der Waals surface area (Å²) in [5.41, 5.74) is 4.47. The van der Waals surface area contributed by atoms with Crippen molar-refractivity contribution in [2.75, 3.05) is 0 Å². The molecule has 0 aliphatic carbocycles. The van der Waals surface area contributed by atoms with Gasteiger partial charge < -0.3 is 9.84 Å². The maximum atomic E-state index is 10.8. The molecule has 3 nitrogen and oxygen atoms in total. The van der Waals surface area contributed by atoms with Crippen molar-refractivity contribution in [3.05, 3.63) is 53.1 Å². The van der Waals surface area contributed by atoms with Crippen molar-refractivity contribution in [2.24, 2.45) is 0 Å². The van der Waals surface area contributed by atoms with E-state index in [4.69, 9.17) is 4.74 Å². The van der Waals surface area contributed by atoms with Crippen molar-refractivity contribution in [1.82, 2.24) is 0 Å². The van der Waals surface area contributed by atoms with E-state index < -0.39 is 6.10 Å². The molecule has 0 spiro atoms. The van der Waals surface area contributed by atoms with Gasteiger partial charge in [-0.05, 0) is 49.1 Å². The molecule has 0 aromatic heterocycles. The number of hydrogen-bond acceptors (Lipinski definition) is 3. The molecule has 0 amide bonds. The van der Waals surface area contributed by atoms with E-state index in [1.165, 1.54) is 5.56 Å². The van der Waals surface area contributed by atoms with Crippen LogP contribution >= 0.6 is 0 Å². The molecule has 3 heteroatoms. The van der Waals surface area contributed by atoms with Crippen LogP contribution in [-0.4, -0.2) is 17.0 Å². The third-order valence-electron chi connectivity index (χ3n) is 4.40. The summed E-state index contributed by atoms with van der Waals surface area (Å²) in [6.45, 7) is 6.09. The van der Waals surface area contributed by atoms with Gasteiger partial charge in [0.2, 0.25) is 0 Å². The molecule has 0 saturated heterocycles. The van der Waals surface area contributed by atoms with E-state index in [1.807, 2.05) is 44.2 Å². The minimum atomic E-state index is -0.495. The van der Waals surface area contributed by atoms with Gasteiger partial charge >= 0.3 is 0 Å². The fourth-order valence-electron chi connectivity index (χ4n) is 3.21. The summed E-state index contributed by atoms with van der Waals surface area (Å²) in [7, 11) is 0. The highest BCUT2D eigenvalue weighted by molar-refractivity contribution is 5.78. The predicted molar refractivity (Wildman–Crippen MR) is 90.9 cm³/mol. The number of ether oxygens (including phenoxy) is 1. The van der Waals surface area contributed by atoms with Gasteiger partial charge in [0, 0.05) is 17.5 Å². The Bertz CT molecular complexity index is 729. The highest BCUT2D eigenvalue weighted by Crippen LogP contribution is 2.42. The fourth-order valence-corrected chi connectivity index (χ4v) is 3.21. The molecule has 2 aromatic rings. The van der Waals surface area contributed by atoms with Crippen LogP contribution in [0.25, 0.3) is 11.1 Å². The average molecular weight is 310 g/mol. The normalized spacial score (nSPS) is 18.9. The fraction of sp³-hybridized carbons (Fsp3) is 0.350. The minimum absolute atomic E-state index is 0.376. The maximum absolute atomic E-state index is 10.8. The first-order valence-electron chi connectivity index (χ1n) is 8.03. The summed E-state index contributed by atoms with van der Waals surface area (Å²) in [6, 6.07) is 11.6. The second kappa shape index (κ2) is 5.82. The SMILES string of the molecule is CCc1cc2c(cc1-c1ccc(C=O)cc1)OC(C)(C)CC2O. The molecule has 120 valence electrons. The molecule has 1 aliphatic heterocycles. The molecule has 23 heavy (non-hydrogen) atoms. The number of benzene rings is 2. The number of aryl methyl sites for hydroxylation is 1. The van der Waals surface area contributed by atoms with E-state index >= 15 is 0 Å². The lowest BCUT2D eigenvalue weighted by Gasteiger charge is -2.36. The summed E-state index contributed by atoms with van der Waals surface area (Å²) in [5, 5.41) is 10.4. The van der Waals surface area contributed by atoms with Gasteiger partial charge in [0.1, 0.15) is 17.6 Å². The van der Waals surface area contributed by atoms with E-state index in [1.54, 1.807) is 0 Å². The summed E-state index contributed by atoms with van der Waals surface area (Å²) in [5.74, 6) is 0.750. The van der Waals surface area contributed by atoms with Crippen molar-refractivity contribution < 1.29 is 14.6 Å². The Balaban J connectivity index is 2.11. The third-order valence-corrected chi connectivity index (χ3v) is 4.40. The molecule has 2 aromatic carbocycles. The van der Waals surface area contributed by atoms with Crippen molar-refractivity contribution in [3.63, 3.8) is 0 Å². The van der Waals surface area contributed by atoms with E-state index in [0.717, 1.165) is 35.1 Å². The van der Waals surface area contributed by atoms with Gasteiger partial charge in [-0.15, -0.1) is 0 Å².